The molecule has 3 aromatic rings. The molecule has 0 aliphatic heterocycles. The standard InChI is InChI=1S/C16H16N2O3S/c1-11-4-6-13(7-5-11)22(20,21)18-10-12(2)14-8-9-17(3)15(14)16(18)19/h4-10H,1-3H3. The molecule has 2 heterocycles. The van der Waals surface area contributed by atoms with Crippen molar-refractivity contribution in [3.8, 4) is 0 Å². The second kappa shape index (κ2) is 4.84. The molecule has 0 bridgehead atoms. The average Bonchev–Trinajstić information content (AvgIpc) is 2.86. The Morgan fingerprint density at radius 1 is 1.00 bits per heavy atom. The number of rotatable bonds is 2. The lowest BCUT2D eigenvalue weighted by molar-refractivity contribution is 0.585. The van der Waals surface area contributed by atoms with Gasteiger partial charge in [0.25, 0.3) is 15.6 Å². The van der Waals surface area contributed by atoms with Crippen molar-refractivity contribution in [3.63, 3.8) is 0 Å². The number of hydrogen-bond acceptors (Lipinski definition) is 3. The molecule has 0 N–H and O–H groups in total. The van der Waals surface area contributed by atoms with Gasteiger partial charge in [-0.2, -0.15) is 0 Å². The van der Waals surface area contributed by atoms with Crippen molar-refractivity contribution in [2.24, 2.45) is 7.05 Å². The zero-order valence-electron chi connectivity index (χ0n) is 12.6. The fourth-order valence-corrected chi connectivity index (χ4v) is 3.83. The van der Waals surface area contributed by atoms with Crippen LogP contribution in [0.1, 0.15) is 11.1 Å². The summed E-state index contributed by atoms with van der Waals surface area (Å²) in [5.41, 5.74) is 1.55. The predicted molar refractivity (Wildman–Crippen MR) is 85.7 cm³/mol. The van der Waals surface area contributed by atoms with E-state index in [1.54, 1.807) is 36.9 Å². The number of aromatic nitrogens is 2. The van der Waals surface area contributed by atoms with Crippen molar-refractivity contribution < 1.29 is 8.42 Å². The highest BCUT2D eigenvalue weighted by atomic mass is 32.2. The first-order valence-corrected chi connectivity index (χ1v) is 8.26. The van der Waals surface area contributed by atoms with Gasteiger partial charge in [0.15, 0.2) is 0 Å². The molecule has 114 valence electrons. The molecule has 6 heteroatoms. The molecular weight excluding hydrogens is 300 g/mol. The minimum Gasteiger partial charge on any atom is -0.346 e. The lowest BCUT2D eigenvalue weighted by Gasteiger charge is -2.10. The first-order valence-electron chi connectivity index (χ1n) is 6.82. The van der Waals surface area contributed by atoms with Gasteiger partial charge in [-0.05, 0) is 37.6 Å². The Balaban J connectivity index is 2.34. The third-order valence-electron chi connectivity index (χ3n) is 3.79. The van der Waals surface area contributed by atoms with Gasteiger partial charge in [-0.3, -0.25) is 4.79 Å². The van der Waals surface area contributed by atoms with E-state index in [2.05, 4.69) is 0 Å². The molecule has 0 atom stereocenters. The summed E-state index contributed by atoms with van der Waals surface area (Å²) in [7, 11) is -2.18. The Hall–Kier alpha value is -2.34. The Kier molecular flexibility index (Phi) is 3.21. The predicted octanol–water partition coefficient (Wildman–Crippen LogP) is 2.19. The summed E-state index contributed by atoms with van der Waals surface area (Å²) in [6, 6.07) is 8.27. The van der Waals surface area contributed by atoms with Crippen molar-refractivity contribution in [2.45, 2.75) is 18.7 Å². The van der Waals surface area contributed by atoms with Crippen LogP contribution in [0.25, 0.3) is 10.9 Å². The molecule has 0 unspecified atom stereocenters. The van der Waals surface area contributed by atoms with Gasteiger partial charge in [0.05, 0.1) is 4.90 Å². The average molecular weight is 316 g/mol. The van der Waals surface area contributed by atoms with Crippen LogP contribution >= 0.6 is 0 Å². The van der Waals surface area contributed by atoms with E-state index in [0.717, 1.165) is 20.5 Å². The van der Waals surface area contributed by atoms with Gasteiger partial charge in [-0.25, -0.2) is 12.4 Å². The summed E-state index contributed by atoms with van der Waals surface area (Å²) in [5, 5.41) is 0.767. The van der Waals surface area contributed by atoms with Gasteiger partial charge in [0, 0.05) is 24.8 Å². The second-order valence-corrected chi connectivity index (χ2v) is 7.24. The lowest BCUT2D eigenvalue weighted by Crippen LogP contribution is -2.28. The minimum absolute atomic E-state index is 0.105. The number of aryl methyl sites for hydroxylation is 3. The Bertz CT molecular complexity index is 1030. The zero-order chi connectivity index (χ0) is 16.1. The van der Waals surface area contributed by atoms with Crippen molar-refractivity contribution in [1.82, 2.24) is 8.54 Å². The van der Waals surface area contributed by atoms with E-state index in [1.165, 1.54) is 18.3 Å². The van der Waals surface area contributed by atoms with Crippen LogP contribution in [0.2, 0.25) is 0 Å². The van der Waals surface area contributed by atoms with E-state index in [4.69, 9.17) is 0 Å². The van der Waals surface area contributed by atoms with Gasteiger partial charge in [0.1, 0.15) is 5.52 Å². The largest absolute Gasteiger partial charge is 0.346 e. The topological polar surface area (TPSA) is 61.1 Å². The lowest BCUT2D eigenvalue weighted by atomic mass is 10.2. The molecule has 22 heavy (non-hydrogen) atoms. The molecule has 0 saturated carbocycles. The molecule has 1 aromatic carbocycles. The van der Waals surface area contributed by atoms with Crippen LogP contribution in [0.15, 0.2) is 52.4 Å². The summed E-state index contributed by atoms with van der Waals surface area (Å²) in [6.07, 6.45) is 3.14. The molecular formula is C16H16N2O3S. The zero-order valence-corrected chi connectivity index (χ0v) is 13.4. The van der Waals surface area contributed by atoms with E-state index in [-0.39, 0.29) is 4.90 Å². The highest BCUT2D eigenvalue weighted by molar-refractivity contribution is 7.90. The van der Waals surface area contributed by atoms with Gasteiger partial charge >= 0.3 is 0 Å². The quantitative estimate of drug-likeness (QED) is 0.728. The molecule has 0 radical (unpaired) electrons. The number of pyridine rings is 1. The molecule has 0 spiro atoms. The van der Waals surface area contributed by atoms with Crippen molar-refractivity contribution in [2.75, 3.05) is 0 Å². The Morgan fingerprint density at radius 2 is 1.64 bits per heavy atom. The third-order valence-corrected chi connectivity index (χ3v) is 5.45. The van der Waals surface area contributed by atoms with Gasteiger partial charge < -0.3 is 4.57 Å². The highest BCUT2D eigenvalue weighted by Gasteiger charge is 2.21. The summed E-state index contributed by atoms with van der Waals surface area (Å²) in [6.45, 7) is 3.67. The fraction of sp³-hybridized carbons (Fsp3) is 0.188. The second-order valence-electron chi connectivity index (χ2n) is 5.42. The van der Waals surface area contributed by atoms with Crippen LogP contribution in [0, 0.1) is 13.8 Å². The number of hydrogen-bond donors (Lipinski definition) is 0. The van der Waals surface area contributed by atoms with Crippen LogP contribution < -0.4 is 5.56 Å². The van der Waals surface area contributed by atoms with Crippen LogP contribution in [-0.4, -0.2) is 17.0 Å². The molecule has 0 amide bonds. The van der Waals surface area contributed by atoms with Crippen LogP contribution in [0.3, 0.4) is 0 Å². The number of nitrogens with zero attached hydrogens (tertiary/aromatic N) is 2. The maximum absolute atomic E-state index is 12.7. The Labute approximate surface area is 128 Å². The van der Waals surface area contributed by atoms with E-state index in [0.29, 0.717) is 5.52 Å². The van der Waals surface area contributed by atoms with Crippen molar-refractivity contribution in [1.29, 1.82) is 0 Å². The first-order chi connectivity index (χ1) is 10.3. The molecule has 5 nitrogen and oxygen atoms in total. The monoisotopic (exact) mass is 316 g/mol. The molecule has 0 fully saturated rings. The van der Waals surface area contributed by atoms with E-state index >= 15 is 0 Å². The van der Waals surface area contributed by atoms with Crippen molar-refractivity contribution >= 4 is 20.9 Å². The third kappa shape index (κ3) is 2.07. The van der Waals surface area contributed by atoms with Crippen LogP contribution in [-0.2, 0) is 17.1 Å². The van der Waals surface area contributed by atoms with Crippen molar-refractivity contribution in [3.05, 3.63) is 64.2 Å². The smallest absolute Gasteiger partial charge is 0.288 e. The van der Waals surface area contributed by atoms with Gasteiger partial charge in [-0.1, -0.05) is 17.7 Å². The number of benzene rings is 1. The maximum atomic E-state index is 12.7. The fourth-order valence-electron chi connectivity index (χ4n) is 2.52. The summed E-state index contributed by atoms with van der Waals surface area (Å²) >= 11 is 0. The van der Waals surface area contributed by atoms with E-state index < -0.39 is 15.6 Å². The summed E-state index contributed by atoms with van der Waals surface area (Å²) < 4.78 is 28.0. The normalized spacial score (nSPS) is 12.0. The SMILES string of the molecule is Cc1ccc(S(=O)(=O)n2cc(C)c3ccn(C)c3c2=O)cc1. The number of fused-ring (bicyclic) bond motifs is 1. The molecule has 2 aromatic heterocycles. The van der Waals surface area contributed by atoms with Crippen LogP contribution in [0.5, 0.6) is 0 Å². The molecule has 0 aliphatic carbocycles. The molecule has 0 aliphatic rings. The summed E-state index contributed by atoms with van der Waals surface area (Å²) in [4.78, 5) is 12.7. The minimum atomic E-state index is -3.90. The Morgan fingerprint density at radius 3 is 2.27 bits per heavy atom. The summed E-state index contributed by atoms with van der Waals surface area (Å²) in [5.74, 6) is 0. The molecule has 3 rings (SSSR count). The van der Waals surface area contributed by atoms with Crippen LogP contribution in [0.4, 0.5) is 0 Å². The van der Waals surface area contributed by atoms with E-state index in [1.807, 2.05) is 13.0 Å². The molecule has 0 saturated heterocycles. The maximum Gasteiger partial charge on any atom is 0.288 e. The van der Waals surface area contributed by atoms with Gasteiger partial charge in [0.2, 0.25) is 0 Å². The highest BCUT2D eigenvalue weighted by Crippen LogP contribution is 2.19. The van der Waals surface area contributed by atoms with Gasteiger partial charge in [-0.15, -0.1) is 0 Å². The first kappa shape index (κ1) is 14.6. The van der Waals surface area contributed by atoms with E-state index in [9.17, 15) is 13.2 Å².